The summed E-state index contributed by atoms with van der Waals surface area (Å²) in [6.07, 6.45) is 5.55. The predicted molar refractivity (Wildman–Crippen MR) is 57.2 cm³/mol. The Balaban J connectivity index is 2.16. The zero-order valence-corrected chi connectivity index (χ0v) is 9.05. The summed E-state index contributed by atoms with van der Waals surface area (Å²) >= 11 is 0. The van der Waals surface area contributed by atoms with Gasteiger partial charge >= 0.3 is 0 Å². The Morgan fingerprint density at radius 1 is 1.50 bits per heavy atom. The molecule has 1 aromatic rings. The average Bonchev–Trinajstić information content (AvgIpc) is 2.92. The van der Waals surface area contributed by atoms with Crippen molar-refractivity contribution in [1.82, 2.24) is 5.32 Å². The van der Waals surface area contributed by atoms with E-state index in [1.54, 1.807) is 0 Å². The summed E-state index contributed by atoms with van der Waals surface area (Å²) in [5.41, 5.74) is 1.39. The van der Waals surface area contributed by atoms with Crippen LogP contribution >= 0.6 is 0 Å². The first kappa shape index (κ1) is 9.78. The molecule has 1 aromatic heterocycles. The van der Waals surface area contributed by atoms with Crippen molar-refractivity contribution in [1.29, 1.82) is 0 Å². The van der Waals surface area contributed by atoms with Gasteiger partial charge in [0.25, 0.3) is 0 Å². The number of hydrogen-bond acceptors (Lipinski definition) is 2. The van der Waals surface area contributed by atoms with Crippen LogP contribution in [-0.4, -0.2) is 6.54 Å². The summed E-state index contributed by atoms with van der Waals surface area (Å²) < 4.78 is 5.48. The Morgan fingerprint density at radius 3 is 2.86 bits per heavy atom. The van der Waals surface area contributed by atoms with Crippen LogP contribution in [0.5, 0.6) is 0 Å². The third-order valence-corrected chi connectivity index (χ3v) is 2.95. The molecule has 1 aliphatic carbocycles. The van der Waals surface area contributed by atoms with Gasteiger partial charge in [0, 0.05) is 18.0 Å². The molecule has 1 atom stereocenters. The second-order valence-electron chi connectivity index (χ2n) is 4.03. The van der Waals surface area contributed by atoms with Crippen molar-refractivity contribution < 1.29 is 4.42 Å². The molecule has 78 valence electrons. The molecule has 0 aliphatic heterocycles. The molecule has 2 heteroatoms. The molecule has 2 nitrogen and oxygen atoms in total. The van der Waals surface area contributed by atoms with Gasteiger partial charge in [0.2, 0.25) is 0 Å². The molecule has 1 unspecified atom stereocenters. The summed E-state index contributed by atoms with van der Waals surface area (Å²) in [6, 6.07) is 2.67. The number of rotatable bonds is 5. The lowest BCUT2D eigenvalue weighted by Gasteiger charge is -2.16. The Hall–Kier alpha value is -0.760. The highest BCUT2D eigenvalue weighted by Gasteiger charge is 2.33. The normalized spacial score (nSPS) is 18.4. The summed E-state index contributed by atoms with van der Waals surface area (Å²) in [5.74, 6) is 2.00. The zero-order valence-electron chi connectivity index (χ0n) is 9.05. The minimum absolute atomic E-state index is 0.536. The van der Waals surface area contributed by atoms with Gasteiger partial charge in [0.15, 0.2) is 0 Å². The quantitative estimate of drug-likeness (QED) is 0.777. The lowest BCUT2D eigenvalue weighted by atomic mass is 10.0. The highest BCUT2D eigenvalue weighted by molar-refractivity contribution is 5.23. The average molecular weight is 193 g/mol. The first-order valence-electron chi connectivity index (χ1n) is 5.66. The molecule has 0 spiro atoms. The van der Waals surface area contributed by atoms with E-state index in [0.29, 0.717) is 6.04 Å². The van der Waals surface area contributed by atoms with Gasteiger partial charge in [-0.3, -0.25) is 0 Å². The number of nitrogens with one attached hydrogen (secondary N) is 1. The van der Waals surface area contributed by atoms with Crippen molar-refractivity contribution >= 4 is 0 Å². The first-order chi connectivity index (χ1) is 6.86. The van der Waals surface area contributed by atoms with Crippen LogP contribution < -0.4 is 5.32 Å². The second kappa shape index (κ2) is 4.18. The lowest BCUT2D eigenvalue weighted by molar-refractivity contribution is 0.463. The molecule has 0 aromatic carbocycles. The molecule has 1 heterocycles. The molecular weight excluding hydrogens is 174 g/mol. The fourth-order valence-corrected chi connectivity index (χ4v) is 2.10. The van der Waals surface area contributed by atoms with Gasteiger partial charge in [-0.05, 0) is 31.4 Å². The topological polar surface area (TPSA) is 25.2 Å². The van der Waals surface area contributed by atoms with Crippen molar-refractivity contribution in [2.24, 2.45) is 5.92 Å². The van der Waals surface area contributed by atoms with Gasteiger partial charge < -0.3 is 9.73 Å². The van der Waals surface area contributed by atoms with Gasteiger partial charge in [-0.15, -0.1) is 0 Å². The van der Waals surface area contributed by atoms with Crippen molar-refractivity contribution in [3.8, 4) is 0 Å². The Morgan fingerprint density at radius 2 is 2.29 bits per heavy atom. The zero-order chi connectivity index (χ0) is 9.97. The van der Waals surface area contributed by atoms with E-state index in [0.717, 1.165) is 24.6 Å². The minimum atomic E-state index is 0.536. The summed E-state index contributed by atoms with van der Waals surface area (Å²) in [5, 5.41) is 3.56. The van der Waals surface area contributed by atoms with Crippen LogP contribution in [0.3, 0.4) is 0 Å². The Labute approximate surface area is 85.7 Å². The summed E-state index contributed by atoms with van der Waals surface area (Å²) in [6.45, 7) is 5.36. The summed E-state index contributed by atoms with van der Waals surface area (Å²) in [4.78, 5) is 0. The second-order valence-corrected chi connectivity index (χ2v) is 4.03. The van der Waals surface area contributed by atoms with Gasteiger partial charge in [-0.1, -0.05) is 13.8 Å². The maximum atomic E-state index is 5.48. The molecule has 0 saturated heterocycles. The molecule has 2 rings (SSSR count). The molecule has 0 amide bonds. The third-order valence-electron chi connectivity index (χ3n) is 2.95. The van der Waals surface area contributed by atoms with Crippen LogP contribution in [0.25, 0.3) is 0 Å². The minimum Gasteiger partial charge on any atom is -0.469 e. The van der Waals surface area contributed by atoms with Crippen LogP contribution in [0.1, 0.15) is 44.1 Å². The fraction of sp³-hybridized carbons (Fsp3) is 0.667. The van der Waals surface area contributed by atoms with Crippen molar-refractivity contribution in [3.05, 3.63) is 23.7 Å². The van der Waals surface area contributed by atoms with Gasteiger partial charge in [-0.25, -0.2) is 0 Å². The van der Waals surface area contributed by atoms with Crippen LogP contribution in [0.4, 0.5) is 0 Å². The molecular formula is C12H19NO. The first-order valence-corrected chi connectivity index (χ1v) is 5.66. The van der Waals surface area contributed by atoms with Crippen LogP contribution in [0.2, 0.25) is 0 Å². The molecule has 1 aliphatic rings. The van der Waals surface area contributed by atoms with Gasteiger partial charge in [0.05, 0.1) is 6.26 Å². The molecule has 1 saturated carbocycles. The van der Waals surface area contributed by atoms with E-state index >= 15 is 0 Å². The molecule has 0 radical (unpaired) electrons. The molecule has 1 fully saturated rings. The lowest BCUT2D eigenvalue weighted by Crippen LogP contribution is -2.23. The van der Waals surface area contributed by atoms with E-state index in [1.165, 1.54) is 18.4 Å². The van der Waals surface area contributed by atoms with Crippen LogP contribution in [0, 0.1) is 5.92 Å². The maximum Gasteiger partial charge on any atom is 0.108 e. The van der Waals surface area contributed by atoms with Crippen molar-refractivity contribution in [2.45, 2.75) is 39.2 Å². The monoisotopic (exact) mass is 193 g/mol. The number of furan rings is 1. The molecule has 0 bridgehead atoms. The Kier molecular flexibility index (Phi) is 2.92. The van der Waals surface area contributed by atoms with E-state index < -0.39 is 0 Å². The van der Waals surface area contributed by atoms with Crippen molar-refractivity contribution in [2.75, 3.05) is 6.54 Å². The highest BCUT2D eigenvalue weighted by Crippen LogP contribution is 2.42. The van der Waals surface area contributed by atoms with Crippen molar-refractivity contribution in [3.63, 3.8) is 0 Å². The number of hydrogen-bond donors (Lipinski definition) is 1. The van der Waals surface area contributed by atoms with E-state index in [9.17, 15) is 0 Å². The van der Waals surface area contributed by atoms with E-state index in [-0.39, 0.29) is 0 Å². The molecule has 1 N–H and O–H groups in total. The molecule has 14 heavy (non-hydrogen) atoms. The smallest absolute Gasteiger partial charge is 0.108 e. The fourth-order valence-electron chi connectivity index (χ4n) is 2.10. The van der Waals surface area contributed by atoms with Crippen LogP contribution in [0.15, 0.2) is 16.7 Å². The summed E-state index contributed by atoms with van der Waals surface area (Å²) in [7, 11) is 0. The SMILES string of the molecule is CCNC(c1ccoc1CC)C1CC1. The number of aryl methyl sites for hydroxylation is 1. The highest BCUT2D eigenvalue weighted by atomic mass is 16.3. The maximum absolute atomic E-state index is 5.48. The van der Waals surface area contributed by atoms with E-state index in [2.05, 4.69) is 25.2 Å². The Bertz CT molecular complexity index is 288. The van der Waals surface area contributed by atoms with E-state index in [4.69, 9.17) is 4.42 Å². The largest absolute Gasteiger partial charge is 0.469 e. The van der Waals surface area contributed by atoms with Crippen LogP contribution in [-0.2, 0) is 6.42 Å². The predicted octanol–water partition coefficient (Wildman–Crippen LogP) is 2.90. The van der Waals surface area contributed by atoms with Gasteiger partial charge in [0.1, 0.15) is 5.76 Å². The van der Waals surface area contributed by atoms with Gasteiger partial charge in [-0.2, -0.15) is 0 Å². The third kappa shape index (κ3) is 1.85. The van der Waals surface area contributed by atoms with E-state index in [1.807, 2.05) is 6.26 Å². The standard InChI is InChI=1S/C12H19NO/c1-3-11-10(7-8-14-11)12(13-4-2)9-5-6-9/h7-9,12-13H,3-6H2,1-2H3.